The molecule has 1 aromatic rings. The highest BCUT2D eigenvalue weighted by Gasteiger charge is 2.19. The molecule has 8 nitrogen and oxygen atoms in total. The van der Waals surface area contributed by atoms with Gasteiger partial charge in [0.1, 0.15) is 6.10 Å². The quantitative estimate of drug-likeness (QED) is 0.629. The number of ether oxygens (including phenoxy) is 2. The van der Waals surface area contributed by atoms with Crippen LogP contribution >= 0.6 is 0 Å². The van der Waals surface area contributed by atoms with E-state index in [0.717, 1.165) is 25.7 Å². The molecule has 0 amide bonds. The number of carbonyl (C=O) groups is 2. The molecule has 2 rings (SSSR count). The summed E-state index contributed by atoms with van der Waals surface area (Å²) in [6, 6.07) is 0. The van der Waals surface area contributed by atoms with Crippen molar-refractivity contribution in [2.75, 3.05) is 0 Å². The van der Waals surface area contributed by atoms with Gasteiger partial charge in [0.05, 0.1) is 6.42 Å². The van der Waals surface area contributed by atoms with Gasteiger partial charge in [0.2, 0.25) is 0 Å². The summed E-state index contributed by atoms with van der Waals surface area (Å²) in [4.78, 5) is 23.7. The number of aromatic amines is 1. The maximum atomic E-state index is 11.9. The van der Waals surface area contributed by atoms with Crippen LogP contribution in [0.1, 0.15) is 57.2 Å². The summed E-state index contributed by atoms with van der Waals surface area (Å²) in [5, 5.41) is 12.8. The zero-order valence-corrected chi connectivity index (χ0v) is 13.1. The maximum Gasteiger partial charge on any atom is 0.334 e. The lowest BCUT2D eigenvalue weighted by atomic mass is 9.98. The molecule has 0 saturated heterocycles. The molecule has 126 valence electrons. The largest absolute Gasteiger partial charge is 0.462 e. The molecule has 0 aliphatic heterocycles. The monoisotopic (exact) mass is 322 g/mol. The van der Waals surface area contributed by atoms with Crippen molar-refractivity contribution < 1.29 is 19.1 Å². The van der Waals surface area contributed by atoms with E-state index in [1.165, 1.54) is 19.3 Å². The number of rotatable bonds is 6. The second-order valence-corrected chi connectivity index (χ2v) is 5.66. The predicted octanol–water partition coefficient (Wildman–Crippen LogP) is 1.85. The highest BCUT2D eigenvalue weighted by atomic mass is 16.5. The van der Waals surface area contributed by atoms with E-state index in [1.807, 2.05) is 0 Å². The van der Waals surface area contributed by atoms with Crippen LogP contribution in [-0.4, -0.2) is 38.7 Å². The molecule has 23 heavy (non-hydrogen) atoms. The molecule has 1 N–H and O–H groups in total. The molecule has 1 aliphatic rings. The van der Waals surface area contributed by atoms with Gasteiger partial charge in [-0.05, 0) is 36.1 Å². The van der Waals surface area contributed by atoms with E-state index in [-0.39, 0.29) is 24.7 Å². The highest BCUT2D eigenvalue weighted by molar-refractivity contribution is 5.93. The van der Waals surface area contributed by atoms with Crippen LogP contribution in [0.5, 0.6) is 0 Å². The minimum absolute atomic E-state index is 0.0492. The van der Waals surface area contributed by atoms with E-state index in [2.05, 4.69) is 27.2 Å². The second kappa shape index (κ2) is 9.02. The minimum Gasteiger partial charge on any atom is -0.462 e. The Hall–Kier alpha value is -2.25. The second-order valence-electron chi connectivity index (χ2n) is 5.66. The average Bonchev–Trinajstić information content (AvgIpc) is 3.00. The molecule has 1 saturated carbocycles. The van der Waals surface area contributed by atoms with Gasteiger partial charge in [0, 0.05) is 5.57 Å². The Kier molecular flexibility index (Phi) is 6.71. The van der Waals surface area contributed by atoms with Gasteiger partial charge in [-0.15, -0.1) is 5.10 Å². The number of nitrogens with one attached hydrogen (secondary N) is 1. The molecule has 0 unspecified atom stereocenters. The van der Waals surface area contributed by atoms with Gasteiger partial charge in [-0.2, -0.15) is 0 Å². The normalized spacial score (nSPS) is 16.2. The molecule has 0 aromatic carbocycles. The van der Waals surface area contributed by atoms with E-state index < -0.39 is 11.9 Å². The number of hydrogen-bond acceptors (Lipinski definition) is 7. The summed E-state index contributed by atoms with van der Waals surface area (Å²) >= 11 is 0. The van der Waals surface area contributed by atoms with Gasteiger partial charge in [-0.25, -0.2) is 9.89 Å². The highest BCUT2D eigenvalue weighted by Crippen LogP contribution is 2.20. The van der Waals surface area contributed by atoms with Crippen LogP contribution in [0.25, 0.3) is 0 Å². The minimum atomic E-state index is -0.656. The summed E-state index contributed by atoms with van der Waals surface area (Å²) in [7, 11) is 0. The summed E-state index contributed by atoms with van der Waals surface area (Å²) in [5.41, 5.74) is 0.0633. The van der Waals surface area contributed by atoms with Crippen LogP contribution in [0, 0.1) is 0 Å². The summed E-state index contributed by atoms with van der Waals surface area (Å²) < 4.78 is 10.4. The fraction of sp³-hybridized carbons (Fsp3) is 0.667. The van der Waals surface area contributed by atoms with Crippen molar-refractivity contribution in [3.05, 3.63) is 18.0 Å². The molecule has 1 heterocycles. The average molecular weight is 322 g/mol. The van der Waals surface area contributed by atoms with Crippen molar-refractivity contribution in [3.63, 3.8) is 0 Å². The van der Waals surface area contributed by atoms with Crippen molar-refractivity contribution in [1.82, 2.24) is 20.6 Å². The lowest BCUT2D eigenvalue weighted by Gasteiger charge is -2.20. The van der Waals surface area contributed by atoms with Crippen LogP contribution < -0.4 is 0 Å². The van der Waals surface area contributed by atoms with Crippen molar-refractivity contribution in [1.29, 1.82) is 0 Å². The smallest absolute Gasteiger partial charge is 0.334 e. The first-order chi connectivity index (χ1) is 11.1. The molecule has 0 bridgehead atoms. The Morgan fingerprint density at radius 3 is 2.52 bits per heavy atom. The number of aromatic nitrogens is 4. The third kappa shape index (κ3) is 6.17. The van der Waals surface area contributed by atoms with E-state index in [9.17, 15) is 9.59 Å². The SMILES string of the molecule is C=C(CC(=O)OC1CCCCCCC1)C(=O)OCc1nnn[nH]1. The summed E-state index contributed by atoms with van der Waals surface area (Å²) in [6.45, 7) is 3.49. The third-order valence-corrected chi connectivity index (χ3v) is 3.73. The fourth-order valence-corrected chi connectivity index (χ4v) is 2.49. The Bertz CT molecular complexity index is 522. The van der Waals surface area contributed by atoms with Gasteiger partial charge >= 0.3 is 11.9 Å². The number of tetrazole rings is 1. The van der Waals surface area contributed by atoms with Crippen LogP contribution in [0.15, 0.2) is 12.2 Å². The van der Waals surface area contributed by atoms with E-state index in [4.69, 9.17) is 9.47 Å². The van der Waals surface area contributed by atoms with Crippen molar-refractivity contribution >= 4 is 11.9 Å². The van der Waals surface area contributed by atoms with Gasteiger partial charge in [0.15, 0.2) is 12.4 Å². The molecule has 0 spiro atoms. The fourth-order valence-electron chi connectivity index (χ4n) is 2.49. The van der Waals surface area contributed by atoms with Gasteiger partial charge in [0.25, 0.3) is 0 Å². The Morgan fingerprint density at radius 2 is 1.87 bits per heavy atom. The number of hydrogen-bond donors (Lipinski definition) is 1. The summed E-state index contributed by atoms with van der Waals surface area (Å²) in [6.07, 6.45) is 7.34. The van der Waals surface area contributed by atoms with Gasteiger partial charge < -0.3 is 9.47 Å². The Morgan fingerprint density at radius 1 is 1.17 bits per heavy atom. The maximum absolute atomic E-state index is 11.9. The topological polar surface area (TPSA) is 107 Å². The number of carbonyl (C=O) groups excluding carboxylic acids is 2. The molecule has 8 heteroatoms. The number of esters is 2. The molecule has 0 radical (unpaired) electrons. The predicted molar refractivity (Wildman–Crippen MR) is 79.9 cm³/mol. The molecule has 1 fully saturated rings. The summed E-state index contributed by atoms with van der Waals surface area (Å²) in [5.74, 6) is -0.766. The van der Waals surface area contributed by atoms with Crippen LogP contribution in [0.2, 0.25) is 0 Å². The Balaban J connectivity index is 1.70. The first-order valence-corrected chi connectivity index (χ1v) is 7.92. The lowest BCUT2D eigenvalue weighted by Crippen LogP contribution is -2.21. The van der Waals surface area contributed by atoms with E-state index in [0.29, 0.717) is 5.82 Å². The first-order valence-electron chi connectivity index (χ1n) is 7.92. The molecule has 1 aromatic heterocycles. The molecule has 0 atom stereocenters. The van der Waals surface area contributed by atoms with Gasteiger partial charge in [-0.3, -0.25) is 4.79 Å². The van der Waals surface area contributed by atoms with Crippen molar-refractivity contribution in [2.45, 2.75) is 64.1 Å². The molecule has 1 aliphatic carbocycles. The van der Waals surface area contributed by atoms with E-state index in [1.54, 1.807) is 0 Å². The van der Waals surface area contributed by atoms with Crippen LogP contribution in [0.4, 0.5) is 0 Å². The van der Waals surface area contributed by atoms with Gasteiger partial charge in [-0.1, -0.05) is 25.8 Å². The Labute approximate surface area is 134 Å². The number of H-pyrrole nitrogens is 1. The molecular weight excluding hydrogens is 300 g/mol. The van der Waals surface area contributed by atoms with Crippen LogP contribution in [-0.2, 0) is 25.7 Å². The lowest BCUT2D eigenvalue weighted by molar-refractivity contribution is -0.151. The standard InChI is InChI=1S/C15H22N4O4/c1-11(15(21)22-10-13-16-18-19-17-13)9-14(20)23-12-7-5-3-2-4-6-8-12/h12H,1-10H2,(H,16,17,18,19). The number of nitrogens with zero attached hydrogens (tertiary/aromatic N) is 3. The van der Waals surface area contributed by atoms with Crippen molar-refractivity contribution in [3.8, 4) is 0 Å². The van der Waals surface area contributed by atoms with Crippen molar-refractivity contribution in [2.24, 2.45) is 0 Å². The van der Waals surface area contributed by atoms with E-state index >= 15 is 0 Å². The molecular formula is C15H22N4O4. The third-order valence-electron chi connectivity index (χ3n) is 3.73. The zero-order chi connectivity index (χ0) is 16.5. The zero-order valence-electron chi connectivity index (χ0n) is 13.1. The first kappa shape index (κ1) is 17.1. The van der Waals surface area contributed by atoms with Crippen LogP contribution in [0.3, 0.4) is 0 Å².